The average molecular weight is 251 g/mol. The molecule has 0 fully saturated rings. The zero-order valence-electron chi connectivity index (χ0n) is 10.4. The Morgan fingerprint density at radius 1 is 1.44 bits per heavy atom. The highest BCUT2D eigenvalue weighted by molar-refractivity contribution is 6.61. The molecular formula is C11H14BNO5. The summed E-state index contributed by atoms with van der Waals surface area (Å²) in [4.78, 5) is 11.5. The molecule has 96 valence electrons. The van der Waals surface area contributed by atoms with Gasteiger partial charge in [-0.25, -0.2) is 4.79 Å². The van der Waals surface area contributed by atoms with Gasteiger partial charge in [0.1, 0.15) is 5.75 Å². The lowest BCUT2D eigenvalue weighted by molar-refractivity contribution is 0.0600. The molecule has 0 radical (unpaired) electrons. The second-order valence-corrected chi connectivity index (χ2v) is 4.54. The molecule has 2 rings (SSSR count). The van der Waals surface area contributed by atoms with Crippen molar-refractivity contribution >= 4 is 24.2 Å². The molecule has 0 spiro atoms. The van der Waals surface area contributed by atoms with Gasteiger partial charge >= 0.3 is 13.1 Å². The third kappa shape index (κ3) is 2.14. The maximum atomic E-state index is 11.5. The number of carbonyl (C=O) groups excluding carboxylic acids is 1. The lowest BCUT2D eigenvalue weighted by atomic mass is 9.78. The number of ether oxygens (including phenoxy) is 2. The summed E-state index contributed by atoms with van der Waals surface area (Å²) in [7, 11) is -0.443. The number of rotatable bonds is 2. The fourth-order valence-corrected chi connectivity index (χ4v) is 1.89. The van der Waals surface area contributed by atoms with E-state index >= 15 is 0 Å². The van der Waals surface area contributed by atoms with E-state index in [1.54, 1.807) is 13.8 Å². The molecule has 0 amide bonds. The Morgan fingerprint density at radius 2 is 2.11 bits per heavy atom. The van der Waals surface area contributed by atoms with Gasteiger partial charge in [0.15, 0.2) is 5.72 Å². The Balaban J connectivity index is 2.54. The fraction of sp³-hybridized carbons (Fsp3) is 0.364. The molecule has 6 nitrogen and oxygen atoms in total. The predicted octanol–water partition coefficient (Wildman–Crippen LogP) is -0.307. The van der Waals surface area contributed by atoms with Crippen molar-refractivity contribution in [3.05, 3.63) is 17.7 Å². The van der Waals surface area contributed by atoms with Gasteiger partial charge in [0.2, 0.25) is 0 Å². The first-order valence-corrected chi connectivity index (χ1v) is 5.43. The molecule has 0 saturated carbocycles. The molecule has 7 heteroatoms. The minimum Gasteiger partial charge on any atom is -0.467 e. The number of esters is 1. The highest BCUT2D eigenvalue weighted by Crippen LogP contribution is 2.36. The van der Waals surface area contributed by atoms with Crippen LogP contribution in [0.3, 0.4) is 0 Å². The molecular weight excluding hydrogens is 237 g/mol. The van der Waals surface area contributed by atoms with Crippen LogP contribution in [0.1, 0.15) is 24.2 Å². The van der Waals surface area contributed by atoms with Gasteiger partial charge in [-0.15, -0.1) is 0 Å². The zero-order chi connectivity index (χ0) is 13.5. The lowest BCUT2D eigenvalue weighted by Crippen LogP contribution is -2.36. The van der Waals surface area contributed by atoms with E-state index in [0.29, 0.717) is 11.4 Å². The topological polar surface area (TPSA) is 88.0 Å². The van der Waals surface area contributed by atoms with E-state index in [1.165, 1.54) is 19.2 Å². The van der Waals surface area contributed by atoms with Crippen molar-refractivity contribution in [2.45, 2.75) is 19.6 Å². The Hall–Kier alpha value is -1.73. The lowest BCUT2D eigenvalue weighted by Gasteiger charge is -2.18. The van der Waals surface area contributed by atoms with Gasteiger partial charge in [0, 0.05) is 5.46 Å². The van der Waals surface area contributed by atoms with Crippen LogP contribution >= 0.6 is 0 Å². The van der Waals surface area contributed by atoms with Crippen LogP contribution in [0.25, 0.3) is 0 Å². The van der Waals surface area contributed by atoms with Gasteiger partial charge in [0.05, 0.1) is 18.4 Å². The van der Waals surface area contributed by atoms with Crippen LogP contribution in [0.15, 0.2) is 12.1 Å². The van der Waals surface area contributed by atoms with Crippen molar-refractivity contribution in [3.63, 3.8) is 0 Å². The van der Waals surface area contributed by atoms with Crippen LogP contribution in [0.4, 0.5) is 5.69 Å². The summed E-state index contributed by atoms with van der Waals surface area (Å²) in [5.41, 5.74) is 0.195. The first kappa shape index (κ1) is 12.7. The van der Waals surface area contributed by atoms with E-state index < -0.39 is 18.8 Å². The van der Waals surface area contributed by atoms with Crippen LogP contribution in [-0.4, -0.2) is 36.0 Å². The standard InChI is InChI=1S/C11H14BNO5/c1-11(2)13-9-7(12(15)16)4-6(10(14)17-3)5-8(9)18-11/h4-5,13,15-16H,1-3H3. The van der Waals surface area contributed by atoms with Gasteiger partial charge in [-0.3, -0.25) is 0 Å². The van der Waals surface area contributed by atoms with Crippen molar-refractivity contribution in [2.75, 3.05) is 12.4 Å². The first-order valence-electron chi connectivity index (χ1n) is 5.43. The van der Waals surface area contributed by atoms with E-state index in [9.17, 15) is 14.8 Å². The molecule has 0 aliphatic carbocycles. The SMILES string of the molecule is COC(=O)c1cc2c(c(B(O)O)c1)NC(C)(C)O2. The fourth-order valence-electron chi connectivity index (χ4n) is 1.89. The molecule has 0 atom stereocenters. The van der Waals surface area contributed by atoms with Gasteiger partial charge in [0.25, 0.3) is 0 Å². The molecule has 0 unspecified atom stereocenters. The van der Waals surface area contributed by atoms with E-state index in [2.05, 4.69) is 10.1 Å². The maximum absolute atomic E-state index is 11.5. The van der Waals surface area contributed by atoms with Crippen LogP contribution in [-0.2, 0) is 4.74 Å². The average Bonchev–Trinajstić information content (AvgIpc) is 2.59. The third-order valence-corrected chi connectivity index (χ3v) is 2.62. The summed E-state index contributed by atoms with van der Waals surface area (Å²) in [5.74, 6) is -0.168. The molecule has 1 aromatic carbocycles. The largest absolute Gasteiger partial charge is 0.490 e. The summed E-state index contributed by atoms with van der Waals surface area (Å²) in [6.45, 7) is 3.58. The normalized spacial score (nSPS) is 15.4. The van der Waals surface area contributed by atoms with Crippen LogP contribution in [0, 0.1) is 0 Å². The van der Waals surface area contributed by atoms with Crippen LogP contribution in [0.2, 0.25) is 0 Å². The van der Waals surface area contributed by atoms with Gasteiger partial charge in [-0.05, 0) is 26.0 Å². The summed E-state index contributed by atoms with van der Waals surface area (Å²) >= 11 is 0. The second-order valence-electron chi connectivity index (χ2n) is 4.54. The van der Waals surface area contributed by atoms with Crippen molar-refractivity contribution in [1.29, 1.82) is 0 Å². The number of benzene rings is 1. The highest BCUT2D eigenvalue weighted by Gasteiger charge is 2.34. The minimum absolute atomic E-state index is 0.179. The number of carbonyl (C=O) groups is 1. The number of nitrogens with one attached hydrogen (secondary N) is 1. The highest BCUT2D eigenvalue weighted by atomic mass is 16.5. The molecule has 1 heterocycles. The van der Waals surface area contributed by atoms with Crippen molar-refractivity contribution in [3.8, 4) is 5.75 Å². The minimum atomic E-state index is -1.70. The second kappa shape index (κ2) is 4.18. The predicted molar refractivity (Wildman–Crippen MR) is 65.9 cm³/mol. The van der Waals surface area contributed by atoms with Crippen molar-refractivity contribution in [2.24, 2.45) is 0 Å². The van der Waals surface area contributed by atoms with E-state index in [-0.39, 0.29) is 11.0 Å². The van der Waals surface area contributed by atoms with Crippen molar-refractivity contribution in [1.82, 2.24) is 0 Å². The summed E-state index contributed by atoms with van der Waals surface area (Å²) in [5, 5.41) is 21.7. The quantitative estimate of drug-likeness (QED) is 0.493. The third-order valence-electron chi connectivity index (χ3n) is 2.62. The molecule has 18 heavy (non-hydrogen) atoms. The molecule has 0 bridgehead atoms. The number of hydrogen-bond donors (Lipinski definition) is 3. The summed E-state index contributed by atoms with van der Waals surface area (Å²) < 4.78 is 10.2. The molecule has 1 aromatic rings. The number of fused-ring (bicyclic) bond motifs is 1. The van der Waals surface area contributed by atoms with Gasteiger partial charge < -0.3 is 24.8 Å². The number of hydrogen-bond acceptors (Lipinski definition) is 6. The summed E-state index contributed by atoms with van der Waals surface area (Å²) in [6.07, 6.45) is 0. The maximum Gasteiger partial charge on any atom is 0.490 e. The Morgan fingerprint density at radius 3 is 2.67 bits per heavy atom. The number of methoxy groups -OCH3 is 1. The molecule has 0 aromatic heterocycles. The van der Waals surface area contributed by atoms with Crippen molar-refractivity contribution < 1.29 is 24.3 Å². The Kier molecular flexibility index (Phi) is 2.96. The monoisotopic (exact) mass is 251 g/mol. The van der Waals surface area contributed by atoms with Gasteiger partial charge in [-0.2, -0.15) is 0 Å². The van der Waals surface area contributed by atoms with E-state index in [4.69, 9.17) is 4.74 Å². The van der Waals surface area contributed by atoms with E-state index in [0.717, 1.165) is 0 Å². The Bertz CT molecular complexity index is 500. The Labute approximate surface area is 105 Å². The smallest absolute Gasteiger partial charge is 0.467 e. The molecule has 3 N–H and O–H groups in total. The van der Waals surface area contributed by atoms with Gasteiger partial charge in [-0.1, -0.05) is 0 Å². The molecule has 1 aliphatic heterocycles. The number of anilines is 1. The summed E-state index contributed by atoms with van der Waals surface area (Å²) in [6, 6.07) is 2.88. The van der Waals surface area contributed by atoms with Crippen LogP contribution in [0.5, 0.6) is 5.75 Å². The molecule has 1 aliphatic rings. The zero-order valence-corrected chi connectivity index (χ0v) is 10.4. The van der Waals surface area contributed by atoms with E-state index in [1.807, 2.05) is 0 Å². The molecule has 0 saturated heterocycles. The first-order chi connectivity index (χ1) is 8.34. The van der Waals surface area contributed by atoms with Crippen LogP contribution < -0.4 is 15.5 Å².